The Bertz CT molecular complexity index is 870. The Hall–Kier alpha value is -2.26. The number of aromatic amines is 1. The summed E-state index contributed by atoms with van der Waals surface area (Å²) < 4.78 is 0. The lowest BCUT2D eigenvalue weighted by Gasteiger charge is -2.23. The van der Waals surface area contributed by atoms with E-state index in [1.807, 2.05) is 42.5 Å². The summed E-state index contributed by atoms with van der Waals surface area (Å²) in [6, 6.07) is 15.5. The highest BCUT2D eigenvalue weighted by Crippen LogP contribution is 2.30. The molecule has 1 aromatic heterocycles. The number of benzene rings is 2. The number of carbonyl (C=O) groups excluding carboxylic acids is 1. The van der Waals surface area contributed by atoms with Gasteiger partial charge in [0.05, 0.1) is 0 Å². The molecule has 23 heavy (non-hydrogen) atoms. The molecule has 0 saturated heterocycles. The van der Waals surface area contributed by atoms with Crippen LogP contribution >= 0.6 is 11.6 Å². The average molecular weight is 325 g/mol. The van der Waals surface area contributed by atoms with Gasteiger partial charge in [0.15, 0.2) is 0 Å². The summed E-state index contributed by atoms with van der Waals surface area (Å²) in [6.07, 6.45) is 2.75. The van der Waals surface area contributed by atoms with E-state index in [4.69, 9.17) is 11.6 Å². The minimum absolute atomic E-state index is 0.00179. The summed E-state index contributed by atoms with van der Waals surface area (Å²) in [5.41, 5.74) is 4.37. The maximum atomic E-state index is 12.3. The molecule has 1 amide bonds. The second kappa shape index (κ2) is 5.74. The molecule has 0 radical (unpaired) electrons. The van der Waals surface area contributed by atoms with Gasteiger partial charge in [-0.15, -0.1) is 0 Å². The van der Waals surface area contributed by atoms with E-state index in [-0.39, 0.29) is 11.9 Å². The summed E-state index contributed by atoms with van der Waals surface area (Å²) in [5, 5.41) is 5.11. The molecular formula is C19H17ClN2O. The topological polar surface area (TPSA) is 44.9 Å². The number of hydrogen-bond donors (Lipinski definition) is 2. The highest BCUT2D eigenvalue weighted by atomic mass is 35.5. The normalized spacial score (nSPS) is 17.0. The summed E-state index contributed by atoms with van der Waals surface area (Å²) in [4.78, 5) is 15.8. The van der Waals surface area contributed by atoms with Gasteiger partial charge in [0, 0.05) is 33.2 Å². The predicted octanol–water partition coefficient (Wildman–Crippen LogP) is 4.11. The molecule has 0 aliphatic heterocycles. The van der Waals surface area contributed by atoms with Crippen LogP contribution in [0.15, 0.2) is 48.5 Å². The third kappa shape index (κ3) is 2.73. The maximum Gasteiger partial charge on any atom is 0.251 e. The van der Waals surface area contributed by atoms with Crippen LogP contribution in [0.4, 0.5) is 0 Å². The Kier molecular flexibility index (Phi) is 3.58. The van der Waals surface area contributed by atoms with Crippen molar-refractivity contribution in [3.8, 4) is 0 Å². The highest BCUT2D eigenvalue weighted by molar-refractivity contribution is 6.31. The van der Waals surface area contributed by atoms with Gasteiger partial charge in [-0.3, -0.25) is 4.79 Å². The number of fused-ring (bicyclic) bond motifs is 3. The van der Waals surface area contributed by atoms with Crippen molar-refractivity contribution in [1.82, 2.24) is 10.3 Å². The smallest absolute Gasteiger partial charge is 0.251 e. The number of amides is 1. The Balaban J connectivity index is 1.57. The lowest BCUT2D eigenvalue weighted by Crippen LogP contribution is -2.38. The lowest BCUT2D eigenvalue weighted by molar-refractivity contribution is 0.0933. The molecule has 1 aliphatic carbocycles. The fraction of sp³-hybridized carbons (Fsp3) is 0.211. The van der Waals surface area contributed by atoms with Crippen LogP contribution in [0, 0.1) is 0 Å². The molecule has 3 nitrogen and oxygen atoms in total. The van der Waals surface area contributed by atoms with E-state index in [1.54, 1.807) is 0 Å². The van der Waals surface area contributed by atoms with Gasteiger partial charge in [0.25, 0.3) is 5.91 Å². The van der Waals surface area contributed by atoms with Crippen LogP contribution in [0.1, 0.15) is 28.0 Å². The first-order valence-corrected chi connectivity index (χ1v) is 8.23. The van der Waals surface area contributed by atoms with Crippen LogP contribution < -0.4 is 5.32 Å². The summed E-state index contributed by atoms with van der Waals surface area (Å²) in [6.45, 7) is 0. The third-order valence-electron chi connectivity index (χ3n) is 4.52. The Morgan fingerprint density at radius 3 is 2.83 bits per heavy atom. The number of rotatable bonds is 2. The van der Waals surface area contributed by atoms with Crippen LogP contribution in [0.25, 0.3) is 10.9 Å². The molecule has 2 aromatic carbocycles. The molecular weight excluding hydrogens is 308 g/mol. The van der Waals surface area contributed by atoms with Gasteiger partial charge in [0.2, 0.25) is 0 Å². The van der Waals surface area contributed by atoms with E-state index in [0.717, 1.165) is 29.8 Å². The average Bonchev–Trinajstić information content (AvgIpc) is 2.92. The molecule has 2 N–H and O–H groups in total. The van der Waals surface area contributed by atoms with Gasteiger partial charge in [0.1, 0.15) is 0 Å². The van der Waals surface area contributed by atoms with Crippen molar-refractivity contribution in [1.29, 1.82) is 0 Å². The van der Waals surface area contributed by atoms with Crippen LogP contribution in [0.2, 0.25) is 5.02 Å². The number of hydrogen-bond acceptors (Lipinski definition) is 1. The monoisotopic (exact) mass is 324 g/mol. The Morgan fingerprint density at radius 1 is 1.17 bits per heavy atom. The predicted molar refractivity (Wildman–Crippen MR) is 93.0 cm³/mol. The highest BCUT2D eigenvalue weighted by Gasteiger charge is 2.24. The molecule has 0 saturated carbocycles. The summed E-state index contributed by atoms with van der Waals surface area (Å²) in [7, 11) is 0. The Morgan fingerprint density at radius 2 is 2.00 bits per heavy atom. The number of carbonyl (C=O) groups is 1. The van der Waals surface area contributed by atoms with E-state index in [2.05, 4.69) is 16.4 Å². The SMILES string of the molecule is O=C(NC1CCc2[nH]c3cc(Cl)ccc3c2C1)c1ccccc1. The molecule has 1 heterocycles. The minimum Gasteiger partial charge on any atom is -0.358 e. The van der Waals surface area contributed by atoms with Crippen molar-refractivity contribution < 1.29 is 4.79 Å². The van der Waals surface area contributed by atoms with Gasteiger partial charge in [-0.25, -0.2) is 0 Å². The maximum absolute atomic E-state index is 12.3. The second-order valence-electron chi connectivity index (χ2n) is 6.05. The van der Waals surface area contributed by atoms with Crippen molar-refractivity contribution in [2.75, 3.05) is 0 Å². The van der Waals surface area contributed by atoms with Crippen molar-refractivity contribution in [3.63, 3.8) is 0 Å². The summed E-state index contributed by atoms with van der Waals surface area (Å²) in [5.74, 6) is 0.00179. The molecule has 3 aromatic rings. The van der Waals surface area contributed by atoms with Gasteiger partial charge in [-0.05, 0) is 49.1 Å². The number of aromatic nitrogens is 1. The van der Waals surface area contributed by atoms with Crippen LogP contribution in [-0.2, 0) is 12.8 Å². The van der Waals surface area contributed by atoms with Crippen LogP contribution in [-0.4, -0.2) is 16.9 Å². The molecule has 1 unspecified atom stereocenters. The number of halogens is 1. The second-order valence-corrected chi connectivity index (χ2v) is 6.49. The largest absolute Gasteiger partial charge is 0.358 e. The molecule has 1 aliphatic rings. The molecule has 4 rings (SSSR count). The molecule has 0 spiro atoms. The number of aryl methyl sites for hydroxylation is 1. The van der Waals surface area contributed by atoms with E-state index >= 15 is 0 Å². The van der Waals surface area contributed by atoms with E-state index in [1.165, 1.54) is 16.6 Å². The zero-order valence-corrected chi connectivity index (χ0v) is 13.4. The van der Waals surface area contributed by atoms with Crippen molar-refractivity contribution in [2.45, 2.75) is 25.3 Å². The van der Waals surface area contributed by atoms with Gasteiger partial charge >= 0.3 is 0 Å². The Labute approximate surface area is 139 Å². The lowest BCUT2D eigenvalue weighted by atomic mass is 9.91. The first-order valence-electron chi connectivity index (χ1n) is 7.85. The van der Waals surface area contributed by atoms with Crippen molar-refractivity contribution >= 4 is 28.4 Å². The van der Waals surface area contributed by atoms with Gasteiger partial charge < -0.3 is 10.3 Å². The quantitative estimate of drug-likeness (QED) is 0.732. The van der Waals surface area contributed by atoms with Crippen LogP contribution in [0.3, 0.4) is 0 Å². The number of H-pyrrole nitrogens is 1. The van der Waals surface area contributed by atoms with E-state index in [0.29, 0.717) is 5.56 Å². The molecule has 0 bridgehead atoms. The standard InChI is InChI=1S/C19H17ClN2O/c20-13-6-8-15-16-11-14(7-9-17(16)22-18(15)10-13)21-19(23)12-4-2-1-3-5-12/h1-6,8,10,14,22H,7,9,11H2,(H,21,23). The number of nitrogens with one attached hydrogen (secondary N) is 2. The minimum atomic E-state index is 0.00179. The van der Waals surface area contributed by atoms with Gasteiger partial charge in [-0.2, -0.15) is 0 Å². The van der Waals surface area contributed by atoms with Gasteiger partial charge in [-0.1, -0.05) is 35.9 Å². The molecule has 116 valence electrons. The fourth-order valence-electron chi connectivity index (χ4n) is 3.38. The summed E-state index contributed by atoms with van der Waals surface area (Å²) >= 11 is 6.07. The zero-order chi connectivity index (χ0) is 15.8. The first kappa shape index (κ1) is 14.3. The van der Waals surface area contributed by atoms with Crippen molar-refractivity contribution in [2.24, 2.45) is 0 Å². The van der Waals surface area contributed by atoms with E-state index in [9.17, 15) is 4.79 Å². The molecule has 4 heteroatoms. The zero-order valence-electron chi connectivity index (χ0n) is 12.6. The third-order valence-corrected chi connectivity index (χ3v) is 4.76. The molecule has 1 atom stereocenters. The van der Waals surface area contributed by atoms with E-state index < -0.39 is 0 Å². The first-order chi connectivity index (χ1) is 11.2. The fourth-order valence-corrected chi connectivity index (χ4v) is 3.55. The molecule has 0 fully saturated rings. The van der Waals surface area contributed by atoms with Crippen molar-refractivity contribution in [3.05, 3.63) is 70.4 Å². The van der Waals surface area contributed by atoms with Crippen LogP contribution in [0.5, 0.6) is 0 Å².